The molecule has 0 amide bonds. The maximum atomic E-state index is 12.4. The summed E-state index contributed by atoms with van der Waals surface area (Å²) in [7, 11) is 0. The van der Waals surface area contributed by atoms with E-state index >= 15 is 0 Å². The number of nitrogen functional groups attached to an aromatic ring is 1. The largest absolute Gasteiger partial charge is 0.464 e. The van der Waals surface area contributed by atoms with Crippen LogP contribution in [0.2, 0.25) is 0 Å². The molecule has 2 aromatic heterocycles. The van der Waals surface area contributed by atoms with Crippen molar-refractivity contribution < 1.29 is 17.9 Å². The summed E-state index contributed by atoms with van der Waals surface area (Å²) in [6.07, 6.45) is -5.22. The molecule has 1 atom stereocenters. The number of H-pyrrole nitrogens is 1. The third kappa shape index (κ3) is 2.27. The fraction of sp³-hybridized carbons (Fsp3) is 0.375. The second-order valence-electron chi connectivity index (χ2n) is 3.43. The number of halogens is 3. The monoisotopic (exact) mass is 262 g/mol. The van der Waals surface area contributed by atoms with E-state index in [9.17, 15) is 13.2 Å². The SMILES string of the molecule is CC(Oc1nc(NN)nc2[nH]ncc12)C(F)(F)F. The maximum absolute atomic E-state index is 12.4. The van der Waals surface area contributed by atoms with Gasteiger partial charge in [-0.25, -0.2) is 5.84 Å². The first-order chi connectivity index (χ1) is 8.41. The third-order valence-corrected chi connectivity index (χ3v) is 2.15. The van der Waals surface area contributed by atoms with Crippen molar-refractivity contribution in [2.45, 2.75) is 19.2 Å². The number of hydrogen-bond donors (Lipinski definition) is 3. The highest BCUT2D eigenvalue weighted by molar-refractivity contribution is 5.80. The third-order valence-electron chi connectivity index (χ3n) is 2.15. The number of hydrogen-bond acceptors (Lipinski definition) is 6. The molecule has 0 fully saturated rings. The predicted molar refractivity (Wildman–Crippen MR) is 55.6 cm³/mol. The van der Waals surface area contributed by atoms with Gasteiger partial charge in [0.2, 0.25) is 11.8 Å². The van der Waals surface area contributed by atoms with Crippen LogP contribution in [0, 0.1) is 0 Å². The molecule has 0 aliphatic carbocycles. The summed E-state index contributed by atoms with van der Waals surface area (Å²) in [4.78, 5) is 7.57. The fourth-order valence-corrected chi connectivity index (χ4v) is 1.20. The zero-order valence-corrected chi connectivity index (χ0v) is 9.12. The van der Waals surface area contributed by atoms with Crippen molar-refractivity contribution >= 4 is 17.0 Å². The van der Waals surface area contributed by atoms with Gasteiger partial charge >= 0.3 is 6.18 Å². The first kappa shape index (κ1) is 12.4. The number of nitrogens with one attached hydrogen (secondary N) is 2. The Hall–Kier alpha value is -2.10. The number of anilines is 1. The van der Waals surface area contributed by atoms with Gasteiger partial charge in [-0.2, -0.15) is 28.2 Å². The Bertz CT molecular complexity index is 553. The van der Waals surface area contributed by atoms with E-state index in [0.29, 0.717) is 0 Å². The number of rotatable bonds is 3. The van der Waals surface area contributed by atoms with Crippen LogP contribution in [0.5, 0.6) is 5.88 Å². The summed E-state index contributed by atoms with van der Waals surface area (Å²) in [5.74, 6) is 4.79. The average molecular weight is 262 g/mol. The van der Waals surface area contributed by atoms with E-state index in [1.54, 1.807) is 0 Å². The summed E-state index contributed by atoms with van der Waals surface area (Å²) in [6, 6.07) is 0. The van der Waals surface area contributed by atoms with Crippen LogP contribution in [0.15, 0.2) is 6.20 Å². The molecule has 0 aliphatic heterocycles. The lowest BCUT2D eigenvalue weighted by atomic mass is 10.4. The van der Waals surface area contributed by atoms with Crippen molar-refractivity contribution in [3.63, 3.8) is 0 Å². The quantitative estimate of drug-likeness (QED) is 0.562. The molecule has 98 valence electrons. The van der Waals surface area contributed by atoms with Crippen LogP contribution < -0.4 is 16.0 Å². The molecule has 0 saturated heterocycles. The highest BCUT2D eigenvalue weighted by Crippen LogP contribution is 2.28. The topological polar surface area (TPSA) is 102 Å². The molecular formula is C8H9F3N6O. The molecule has 2 heterocycles. The smallest absolute Gasteiger partial charge is 0.425 e. The van der Waals surface area contributed by atoms with Crippen molar-refractivity contribution in [1.82, 2.24) is 20.2 Å². The van der Waals surface area contributed by atoms with Gasteiger partial charge in [0.15, 0.2) is 11.8 Å². The van der Waals surface area contributed by atoms with Crippen molar-refractivity contribution in [2.75, 3.05) is 5.43 Å². The first-order valence-corrected chi connectivity index (χ1v) is 4.83. The van der Waals surface area contributed by atoms with E-state index in [-0.39, 0.29) is 22.9 Å². The van der Waals surface area contributed by atoms with Crippen LogP contribution in [0.25, 0.3) is 11.0 Å². The average Bonchev–Trinajstić information content (AvgIpc) is 2.75. The van der Waals surface area contributed by atoms with E-state index in [2.05, 4.69) is 25.6 Å². The molecule has 10 heteroatoms. The van der Waals surface area contributed by atoms with Gasteiger partial charge in [-0.15, -0.1) is 0 Å². The van der Waals surface area contributed by atoms with E-state index < -0.39 is 12.3 Å². The van der Waals surface area contributed by atoms with Gasteiger partial charge in [0.05, 0.1) is 6.20 Å². The lowest BCUT2D eigenvalue weighted by Crippen LogP contribution is -2.31. The molecule has 0 spiro atoms. The molecule has 4 N–H and O–H groups in total. The number of ether oxygens (including phenoxy) is 1. The van der Waals surface area contributed by atoms with Crippen molar-refractivity contribution in [3.8, 4) is 5.88 Å². The Morgan fingerprint density at radius 1 is 1.44 bits per heavy atom. The first-order valence-electron chi connectivity index (χ1n) is 4.83. The van der Waals surface area contributed by atoms with Crippen molar-refractivity contribution in [1.29, 1.82) is 0 Å². The number of alkyl halides is 3. The van der Waals surface area contributed by atoms with E-state index in [1.165, 1.54) is 6.20 Å². The second-order valence-corrected chi connectivity index (χ2v) is 3.43. The molecule has 0 aliphatic rings. The number of aromatic nitrogens is 4. The minimum Gasteiger partial charge on any atom is -0.464 e. The molecular weight excluding hydrogens is 253 g/mol. The van der Waals surface area contributed by atoms with Crippen LogP contribution in [0.1, 0.15) is 6.92 Å². The summed E-state index contributed by atoms with van der Waals surface area (Å²) in [5.41, 5.74) is 2.35. The number of nitrogens with two attached hydrogens (primary N) is 1. The van der Waals surface area contributed by atoms with Crippen LogP contribution in [-0.2, 0) is 0 Å². The summed E-state index contributed by atoms with van der Waals surface area (Å²) in [5, 5.41) is 6.38. The Morgan fingerprint density at radius 3 is 2.78 bits per heavy atom. The lowest BCUT2D eigenvalue weighted by molar-refractivity contribution is -0.189. The fourth-order valence-electron chi connectivity index (χ4n) is 1.20. The number of hydrazine groups is 1. The summed E-state index contributed by atoms with van der Waals surface area (Å²) >= 11 is 0. The predicted octanol–water partition coefficient (Wildman–Crippen LogP) is 0.968. The molecule has 0 bridgehead atoms. The zero-order valence-electron chi connectivity index (χ0n) is 9.12. The number of nitrogens with zero attached hydrogens (tertiary/aromatic N) is 3. The Labute approximate surface area is 98.5 Å². The van der Waals surface area contributed by atoms with Crippen molar-refractivity contribution in [2.24, 2.45) is 5.84 Å². The molecule has 1 unspecified atom stereocenters. The Morgan fingerprint density at radius 2 is 2.17 bits per heavy atom. The molecule has 0 saturated carbocycles. The number of fused-ring (bicyclic) bond motifs is 1. The molecule has 7 nitrogen and oxygen atoms in total. The highest BCUT2D eigenvalue weighted by atomic mass is 19.4. The van der Waals surface area contributed by atoms with Crippen molar-refractivity contribution in [3.05, 3.63) is 6.20 Å². The van der Waals surface area contributed by atoms with Gasteiger partial charge in [-0.05, 0) is 6.92 Å². The molecule has 2 aromatic rings. The van der Waals surface area contributed by atoms with Crippen LogP contribution in [-0.4, -0.2) is 32.4 Å². The minimum atomic E-state index is -4.49. The maximum Gasteiger partial charge on any atom is 0.425 e. The normalized spacial score (nSPS) is 13.6. The van der Waals surface area contributed by atoms with Crippen LogP contribution >= 0.6 is 0 Å². The van der Waals surface area contributed by atoms with Gasteiger partial charge in [-0.1, -0.05) is 0 Å². The lowest BCUT2D eigenvalue weighted by Gasteiger charge is -2.17. The minimum absolute atomic E-state index is 0.0730. The van der Waals surface area contributed by atoms with Gasteiger partial charge in [0.25, 0.3) is 0 Å². The number of aromatic amines is 1. The van der Waals surface area contributed by atoms with Crippen LogP contribution in [0.3, 0.4) is 0 Å². The van der Waals surface area contributed by atoms with Crippen LogP contribution in [0.4, 0.5) is 19.1 Å². The van der Waals surface area contributed by atoms with Gasteiger partial charge in [-0.3, -0.25) is 10.5 Å². The summed E-state index contributed by atoms with van der Waals surface area (Å²) < 4.78 is 42.0. The molecule has 2 rings (SSSR count). The molecule has 0 radical (unpaired) electrons. The standard InChI is InChI=1S/C8H9F3N6O/c1-3(8(9,10)11)18-6-4-2-13-17-5(4)14-7(15-6)16-12/h2-3H,12H2,1H3,(H2,13,14,15,16,17). The summed E-state index contributed by atoms with van der Waals surface area (Å²) in [6.45, 7) is 0.879. The Kier molecular flexibility index (Phi) is 2.95. The molecule has 0 aromatic carbocycles. The van der Waals surface area contributed by atoms with E-state index in [0.717, 1.165) is 6.92 Å². The van der Waals surface area contributed by atoms with Gasteiger partial charge in [0.1, 0.15) is 5.39 Å². The second kappa shape index (κ2) is 4.29. The van der Waals surface area contributed by atoms with Gasteiger partial charge in [0, 0.05) is 0 Å². The van der Waals surface area contributed by atoms with E-state index in [4.69, 9.17) is 10.6 Å². The molecule has 18 heavy (non-hydrogen) atoms. The van der Waals surface area contributed by atoms with Gasteiger partial charge < -0.3 is 4.74 Å². The zero-order chi connectivity index (χ0) is 13.3. The van der Waals surface area contributed by atoms with E-state index in [1.807, 2.05) is 0 Å². The Balaban J connectivity index is 2.40. The highest BCUT2D eigenvalue weighted by Gasteiger charge is 2.38.